The van der Waals surface area contributed by atoms with Gasteiger partial charge in [-0.25, -0.2) is 4.79 Å². The summed E-state index contributed by atoms with van der Waals surface area (Å²) in [6.07, 6.45) is -10.7. The van der Waals surface area contributed by atoms with Gasteiger partial charge in [0.15, 0.2) is 13.2 Å². The normalized spacial score (nSPS) is 21.0. The summed E-state index contributed by atoms with van der Waals surface area (Å²) in [5.74, 6) is -8.68. The zero-order valence-corrected chi connectivity index (χ0v) is 17.4. The molecule has 8 nitrogen and oxygen atoms in total. The molecule has 14 heteroatoms. The highest BCUT2D eigenvalue weighted by Crippen LogP contribution is 2.37. The maximum Gasteiger partial charge on any atom is 0.422 e. The van der Waals surface area contributed by atoms with E-state index in [0.717, 1.165) is 0 Å². The molecule has 3 unspecified atom stereocenters. The van der Waals surface area contributed by atoms with E-state index in [1.54, 1.807) is 0 Å². The lowest BCUT2D eigenvalue weighted by Gasteiger charge is -2.32. The minimum absolute atomic E-state index is 0.0706. The number of hydrogen-bond donors (Lipinski definition) is 0. The van der Waals surface area contributed by atoms with Crippen molar-refractivity contribution in [3.63, 3.8) is 0 Å². The molecule has 0 N–H and O–H groups in total. The molecule has 0 aromatic heterocycles. The van der Waals surface area contributed by atoms with Gasteiger partial charge in [-0.3, -0.25) is 14.4 Å². The monoisotopic (exact) mass is 492 g/mol. The molecule has 1 fully saturated rings. The number of carbonyl (C=O) groups excluding carboxylic acids is 4. The Hall–Kier alpha value is -2.80. The van der Waals surface area contributed by atoms with Crippen molar-refractivity contribution in [2.45, 2.75) is 38.5 Å². The van der Waals surface area contributed by atoms with Crippen molar-refractivity contribution in [2.75, 3.05) is 26.4 Å². The Labute approximate surface area is 184 Å². The molecule has 0 amide bonds. The Bertz CT molecular complexity index is 746. The Morgan fingerprint density at radius 2 is 1.24 bits per heavy atom. The standard InChI is InChI=1S/C19H22F6O8/c1-10(2)14(26)30-5-6-31-17(29)13-7-11(15(27)32-8-18(20,21)22)3-4-12(13)16(28)33-9-19(23,24)25/h11-13H,1,3-9H2,2H3. The van der Waals surface area contributed by atoms with E-state index in [-0.39, 0.29) is 18.4 Å². The van der Waals surface area contributed by atoms with Crippen LogP contribution in [-0.4, -0.2) is 62.7 Å². The highest BCUT2D eigenvalue weighted by Gasteiger charge is 2.45. The largest absolute Gasteiger partial charge is 0.462 e. The lowest BCUT2D eigenvalue weighted by molar-refractivity contribution is -0.195. The van der Waals surface area contributed by atoms with Crippen molar-refractivity contribution in [3.8, 4) is 0 Å². The van der Waals surface area contributed by atoms with E-state index in [0.29, 0.717) is 0 Å². The van der Waals surface area contributed by atoms with Gasteiger partial charge >= 0.3 is 36.2 Å². The highest BCUT2D eigenvalue weighted by atomic mass is 19.4. The zero-order valence-electron chi connectivity index (χ0n) is 17.4. The van der Waals surface area contributed by atoms with Crippen LogP contribution in [0, 0.1) is 17.8 Å². The first-order valence-electron chi connectivity index (χ1n) is 9.56. The van der Waals surface area contributed by atoms with Gasteiger partial charge in [0.1, 0.15) is 13.2 Å². The maximum absolute atomic E-state index is 12.4. The predicted octanol–water partition coefficient (Wildman–Crippen LogP) is 2.89. The summed E-state index contributed by atoms with van der Waals surface area (Å²) < 4.78 is 91.8. The van der Waals surface area contributed by atoms with Crippen molar-refractivity contribution in [3.05, 3.63) is 12.2 Å². The Balaban J connectivity index is 2.82. The second-order valence-corrected chi connectivity index (χ2v) is 7.25. The average molecular weight is 492 g/mol. The molecule has 1 rings (SSSR count). The van der Waals surface area contributed by atoms with Crippen LogP contribution >= 0.6 is 0 Å². The fourth-order valence-electron chi connectivity index (χ4n) is 2.96. The topological polar surface area (TPSA) is 105 Å². The number of rotatable bonds is 9. The Kier molecular flexibility index (Phi) is 10.2. The highest BCUT2D eigenvalue weighted by molar-refractivity contribution is 5.87. The zero-order chi connectivity index (χ0) is 25.4. The van der Waals surface area contributed by atoms with Crippen LogP contribution in [0.25, 0.3) is 0 Å². The van der Waals surface area contributed by atoms with Crippen molar-refractivity contribution in [1.82, 2.24) is 0 Å². The number of esters is 4. The fraction of sp³-hybridized carbons (Fsp3) is 0.684. The van der Waals surface area contributed by atoms with Gasteiger partial charge in [-0.2, -0.15) is 26.3 Å². The van der Waals surface area contributed by atoms with E-state index in [9.17, 15) is 45.5 Å². The molecule has 188 valence electrons. The lowest BCUT2D eigenvalue weighted by atomic mass is 9.74. The summed E-state index contributed by atoms with van der Waals surface area (Å²) >= 11 is 0. The van der Waals surface area contributed by atoms with Gasteiger partial charge < -0.3 is 18.9 Å². The molecule has 1 saturated carbocycles. The van der Waals surface area contributed by atoms with Crippen LogP contribution in [0.5, 0.6) is 0 Å². The third-order valence-corrected chi connectivity index (χ3v) is 4.45. The van der Waals surface area contributed by atoms with Crippen molar-refractivity contribution < 1.29 is 64.5 Å². The lowest BCUT2D eigenvalue weighted by Crippen LogP contribution is -2.41. The molecule has 3 atom stereocenters. The van der Waals surface area contributed by atoms with E-state index in [4.69, 9.17) is 9.47 Å². The number of ether oxygens (including phenoxy) is 4. The SMILES string of the molecule is C=C(C)C(=O)OCCOC(=O)C1CC(C(=O)OCC(F)(F)F)CCC1C(=O)OCC(F)(F)F. The number of carbonyl (C=O) groups is 4. The summed E-state index contributed by atoms with van der Waals surface area (Å²) in [5, 5.41) is 0. The molecule has 0 aromatic carbocycles. The molecule has 1 aliphatic carbocycles. The molecule has 33 heavy (non-hydrogen) atoms. The number of alkyl halides is 6. The molecule has 0 spiro atoms. The van der Waals surface area contributed by atoms with E-state index in [1.165, 1.54) is 6.92 Å². The van der Waals surface area contributed by atoms with Gasteiger partial charge in [0.25, 0.3) is 0 Å². The van der Waals surface area contributed by atoms with Gasteiger partial charge in [0, 0.05) is 5.57 Å². The van der Waals surface area contributed by atoms with Crippen LogP contribution in [0.1, 0.15) is 26.2 Å². The van der Waals surface area contributed by atoms with Gasteiger partial charge in [-0.05, 0) is 26.2 Å². The quantitative estimate of drug-likeness (QED) is 0.159. The molecular weight excluding hydrogens is 470 g/mol. The number of halogens is 6. The van der Waals surface area contributed by atoms with Gasteiger partial charge in [-0.1, -0.05) is 6.58 Å². The molecule has 0 bridgehead atoms. The summed E-state index contributed by atoms with van der Waals surface area (Å²) in [5.41, 5.74) is 0.0706. The van der Waals surface area contributed by atoms with Crippen LogP contribution in [0.2, 0.25) is 0 Å². The number of hydrogen-bond acceptors (Lipinski definition) is 8. The third-order valence-electron chi connectivity index (χ3n) is 4.45. The van der Waals surface area contributed by atoms with E-state index < -0.39 is 86.8 Å². The second-order valence-electron chi connectivity index (χ2n) is 7.25. The van der Waals surface area contributed by atoms with E-state index in [2.05, 4.69) is 16.1 Å². The predicted molar refractivity (Wildman–Crippen MR) is 95.1 cm³/mol. The van der Waals surface area contributed by atoms with Crippen molar-refractivity contribution >= 4 is 23.9 Å². The van der Waals surface area contributed by atoms with E-state index >= 15 is 0 Å². The minimum atomic E-state index is -4.82. The van der Waals surface area contributed by atoms with Crippen LogP contribution in [0.15, 0.2) is 12.2 Å². The first-order valence-corrected chi connectivity index (χ1v) is 9.56. The van der Waals surface area contributed by atoms with Crippen molar-refractivity contribution in [1.29, 1.82) is 0 Å². The van der Waals surface area contributed by atoms with E-state index in [1.807, 2.05) is 0 Å². The van der Waals surface area contributed by atoms with Gasteiger partial charge in [-0.15, -0.1) is 0 Å². The minimum Gasteiger partial charge on any atom is -0.462 e. The summed E-state index contributed by atoms with van der Waals surface area (Å²) in [4.78, 5) is 47.8. The smallest absolute Gasteiger partial charge is 0.422 e. The molecule has 0 aromatic rings. The Morgan fingerprint density at radius 3 is 1.76 bits per heavy atom. The molecule has 0 heterocycles. The maximum atomic E-state index is 12.4. The van der Waals surface area contributed by atoms with Crippen LogP contribution < -0.4 is 0 Å². The molecule has 0 radical (unpaired) electrons. The summed E-state index contributed by atoms with van der Waals surface area (Å²) in [7, 11) is 0. The molecule has 0 aliphatic heterocycles. The molecule has 0 saturated heterocycles. The average Bonchev–Trinajstić information content (AvgIpc) is 2.71. The second kappa shape index (κ2) is 11.9. The molecular formula is C19H22F6O8. The van der Waals surface area contributed by atoms with Gasteiger partial charge in [0.2, 0.25) is 0 Å². The summed E-state index contributed by atoms with van der Waals surface area (Å²) in [6, 6.07) is 0. The first-order chi connectivity index (χ1) is 15.1. The van der Waals surface area contributed by atoms with Crippen LogP contribution in [0.4, 0.5) is 26.3 Å². The molecule has 1 aliphatic rings. The van der Waals surface area contributed by atoms with Crippen LogP contribution in [0.3, 0.4) is 0 Å². The van der Waals surface area contributed by atoms with Gasteiger partial charge in [0.05, 0.1) is 17.8 Å². The van der Waals surface area contributed by atoms with Crippen LogP contribution in [-0.2, 0) is 38.1 Å². The summed E-state index contributed by atoms with van der Waals surface area (Å²) in [6.45, 7) is 0.0541. The third kappa shape index (κ3) is 10.6. The van der Waals surface area contributed by atoms with Crippen molar-refractivity contribution in [2.24, 2.45) is 17.8 Å². The Morgan fingerprint density at radius 1 is 0.758 bits per heavy atom. The first kappa shape index (κ1) is 28.2. The fourth-order valence-corrected chi connectivity index (χ4v) is 2.96.